The van der Waals surface area contributed by atoms with Crippen molar-refractivity contribution in [1.82, 2.24) is 9.36 Å². The number of carbonyl (C=O) groups is 1. The molecule has 18 heavy (non-hydrogen) atoms. The van der Waals surface area contributed by atoms with Crippen LogP contribution in [0.15, 0.2) is 35.1 Å². The van der Waals surface area contributed by atoms with Crippen molar-refractivity contribution >= 4 is 6.29 Å². The van der Waals surface area contributed by atoms with E-state index in [1.54, 1.807) is 11.7 Å². The van der Waals surface area contributed by atoms with Crippen LogP contribution >= 0.6 is 0 Å². The van der Waals surface area contributed by atoms with Crippen molar-refractivity contribution in [1.29, 1.82) is 0 Å². The number of benzene rings is 1. The molecule has 0 amide bonds. The Morgan fingerprint density at radius 1 is 1.17 bits per heavy atom. The van der Waals surface area contributed by atoms with Crippen molar-refractivity contribution in [2.24, 2.45) is 7.05 Å². The van der Waals surface area contributed by atoms with Crippen LogP contribution in [0.1, 0.15) is 35.8 Å². The molecule has 2 rings (SSSR count). The fourth-order valence-electron chi connectivity index (χ4n) is 2.18. The molecular weight excluding hydrogens is 228 g/mol. The summed E-state index contributed by atoms with van der Waals surface area (Å²) < 4.78 is 3.14. The summed E-state index contributed by atoms with van der Waals surface area (Å²) in [5.41, 5.74) is 1.65. The van der Waals surface area contributed by atoms with Gasteiger partial charge in [-0.25, -0.2) is 4.68 Å². The van der Waals surface area contributed by atoms with Gasteiger partial charge in [-0.3, -0.25) is 14.3 Å². The van der Waals surface area contributed by atoms with Gasteiger partial charge in [-0.15, -0.1) is 0 Å². The SMILES string of the molecule is CC(C)c1c(C=O)n(C)n(-c2ccccc2)c1=O. The molecule has 0 aliphatic carbocycles. The molecule has 1 heterocycles. The largest absolute Gasteiger partial charge is 0.296 e. The summed E-state index contributed by atoms with van der Waals surface area (Å²) >= 11 is 0. The van der Waals surface area contributed by atoms with E-state index < -0.39 is 0 Å². The zero-order valence-corrected chi connectivity index (χ0v) is 10.8. The first kappa shape index (κ1) is 12.4. The van der Waals surface area contributed by atoms with Gasteiger partial charge in [0.2, 0.25) is 0 Å². The zero-order chi connectivity index (χ0) is 13.3. The number of aldehydes is 1. The van der Waals surface area contributed by atoms with Crippen molar-refractivity contribution in [3.8, 4) is 5.69 Å². The highest BCUT2D eigenvalue weighted by atomic mass is 16.1. The number of hydrogen-bond donors (Lipinski definition) is 0. The zero-order valence-electron chi connectivity index (χ0n) is 10.8. The van der Waals surface area contributed by atoms with Crippen LogP contribution in [-0.2, 0) is 7.05 Å². The molecule has 1 aromatic heterocycles. The monoisotopic (exact) mass is 244 g/mol. The number of hydrogen-bond acceptors (Lipinski definition) is 2. The first-order valence-corrected chi connectivity index (χ1v) is 5.90. The highest BCUT2D eigenvalue weighted by molar-refractivity contribution is 5.75. The van der Waals surface area contributed by atoms with Gasteiger partial charge in [0.15, 0.2) is 6.29 Å². The molecule has 0 atom stereocenters. The van der Waals surface area contributed by atoms with Gasteiger partial charge in [-0.1, -0.05) is 32.0 Å². The summed E-state index contributed by atoms with van der Waals surface area (Å²) in [6.07, 6.45) is 0.746. The molecule has 0 bridgehead atoms. The Morgan fingerprint density at radius 2 is 1.78 bits per heavy atom. The molecule has 94 valence electrons. The quantitative estimate of drug-likeness (QED) is 0.776. The van der Waals surface area contributed by atoms with Crippen molar-refractivity contribution in [2.45, 2.75) is 19.8 Å². The lowest BCUT2D eigenvalue weighted by Gasteiger charge is -2.07. The molecule has 0 radical (unpaired) electrons. The fourth-order valence-corrected chi connectivity index (χ4v) is 2.18. The average Bonchev–Trinajstić information content (AvgIpc) is 2.61. The van der Waals surface area contributed by atoms with Crippen LogP contribution in [0.5, 0.6) is 0 Å². The van der Waals surface area contributed by atoms with Crippen molar-refractivity contribution in [2.75, 3.05) is 0 Å². The van der Waals surface area contributed by atoms with Gasteiger partial charge in [0, 0.05) is 7.05 Å². The van der Waals surface area contributed by atoms with E-state index in [1.165, 1.54) is 4.68 Å². The van der Waals surface area contributed by atoms with Gasteiger partial charge in [-0.2, -0.15) is 0 Å². The molecule has 0 N–H and O–H groups in total. The van der Waals surface area contributed by atoms with Crippen molar-refractivity contribution in [3.63, 3.8) is 0 Å². The Labute approximate surface area is 105 Å². The van der Waals surface area contributed by atoms with E-state index in [0.29, 0.717) is 11.3 Å². The smallest absolute Gasteiger partial charge is 0.275 e. The average molecular weight is 244 g/mol. The summed E-state index contributed by atoms with van der Waals surface area (Å²) in [5, 5.41) is 0. The van der Waals surface area contributed by atoms with Gasteiger partial charge in [-0.05, 0) is 18.1 Å². The topological polar surface area (TPSA) is 44.0 Å². The summed E-state index contributed by atoms with van der Waals surface area (Å²) in [7, 11) is 1.73. The molecule has 2 aromatic rings. The molecular formula is C14H16N2O2. The van der Waals surface area contributed by atoms with Crippen LogP contribution < -0.4 is 5.56 Å². The molecule has 0 fully saturated rings. The Balaban J connectivity index is 2.78. The summed E-state index contributed by atoms with van der Waals surface area (Å²) in [6.45, 7) is 3.83. The van der Waals surface area contributed by atoms with E-state index in [9.17, 15) is 9.59 Å². The second kappa shape index (κ2) is 4.64. The highest BCUT2D eigenvalue weighted by Crippen LogP contribution is 2.16. The lowest BCUT2D eigenvalue weighted by atomic mass is 10.0. The first-order valence-electron chi connectivity index (χ1n) is 5.90. The predicted molar refractivity (Wildman–Crippen MR) is 70.5 cm³/mol. The van der Waals surface area contributed by atoms with Gasteiger partial charge < -0.3 is 0 Å². The first-order chi connectivity index (χ1) is 8.57. The normalized spacial score (nSPS) is 10.9. The third-order valence-corrected chi connectivity index (χ3v) is 3.04. The van der Waals surface area contributed by atoms with E-state index in [0.717, 1.165) is 12.0 Å². The molecule has 0 aliphatic heterocycles. The van der Waals surface area contributed by atoms with Crippen LogP contribution in [-0.4, -0.2) is 15.6 Å². The summed E-state index contributed by atoms with van der Waals surface area (Å²) in [5.74, 6) is 0.0221. The molecule has 0 saturated heterocycles. The molecule has 4 heteroatoms. The van der Waals surface area contributed by atoms with Crippen LogP contribution in [0.2, 0.25) is 0 Å². The molecule has 4 nitrogen and oxygen atoms in total. The van der Waals surface area contributed by atoms with Crippen LogP contribution in [0.3, 0.4) is 0 Å². The van der Waals surface area contributed by atoms with Gasteiger partial charge >= 0.3 is 0 Å². The van der Waals surface area contributed by atoms with Crippen LogP contribution in [0, 0.1) is 0 Å². The number of carbonyl (C=O) groups excluding carboxylic acids is 1. The fraction of sp³-hybridized carbons (Fsp3) is 0.286. The minimum absolute atomic E-state index is 0.0221. The minimum atomic E-state index is -0.124. The third-order valence-electron chi connectivity index (χ3n) is 3.04. The third kappa shape index (κ3) is 1.79. The van der Waals surface area contributed by atoms with E-state index in [1.807, 2.05) is 44.2 Å². The molecule has 0 unspecified atom stereocenters. The Morgan fingerprint density at radius 3 is 2.22 bits per heavy atom. The molecule has 0 saturated carbocycles. The Hall–Kier alpha value is -2.10. The second-order valence-electron chi connectivity index (χ2n) is 4.55. The summed E-state index contributed by atoms with van der Waals surface area (Å²) in [4.78, 5) is 23.6. The van der Waals surface area contributed by atoms with Crippen LogP contribution in [0.25, 0.3) is 5.69 Å². The van der Waals surface area contributed by atoms with Gasteiger partial charge in [0.25, 0.3) is 5.56 Å². The standard InChI is InChI=1S/C14H16N2O2/c1-10(2)13-12(9-17)15(3)16(14(13)18)11-7-5-4-6-8-11/h4-10H,1-3H3. The summed E-state index contributed by atoms with van der Waals surface area (Å²) in [6, 6.07) is 9.32. The highest BCUT2D eigenvalue weighted by Gasteiger charge is 2.20. The van der Waals surface area contributed by atoms with Crippen molar-refractivity contribution in [3.05, 3.63) is 51.9 Å². The Kier molecular flexibility index (Phi) is 3.19. The van der Waals surface area contributed by atoms with E-state index in [-0.39, 0.29) is 11.5 Å². The molecule has 0 aliphatic rings. The van der Waals surface area contributed by atoms with Crippen LogP contribution in [0.4, 0.5) is 0 Å². The number of nitrogens with zero attached hydrogens (tertiary/aromatic N) is 2. The van der Waals surface area contributed by atoms with E-state index >= 15 is 0 Å². The number of rotatable bonds is 3. The maximum atomic E-state index is 12.4. The van der Waals surface area contributed by atoms with Crippen molar-refractivity contribution < 1.29 is 4.79 Å². The van der Waals surface area contributed by atoms with Gasteiger partial charge in [0.05, 0.1) is 11.3 Å². The lowest BCUT2D eigenvalue weighted by molar-refractivity contribution is 0.111. The molecule has 0 spiro atoms. The number of para-hydroxylation sites is 1. The second-order valence-corrected chi connectivity index (χ2v) is 4.55. The van der Waals surface area contributed by atoms with E-state index in [2.05, 4.69) is 0 Å². The van der Waals surface area contributed by atoms with Gasteiger partial charge in [0.1, 0.15) is 5.69 Å². The predicted octanol–water partition coefficient (Wildman–Crippen LogP) is 2.11. The number of aromatic nitrogens is 2. The Bertz CT molecular complexity index is 621. The molecule has 1 aromatic carbocycles. The maximum Gasteiger partial charge on any atom is 0.275 e. The maximum absolute atomic E-state index is 12.4. The minimum Gasteiger partial charge on any atom is -0.296 e. The lowest BCUT2D eigenvalue weighted by Crippen LogP contribution is -2.21. The van der Waals surface area contributed by atoms with E-state index in [4.69, 9.17) is 0 Å².